The van der Waals surface area contributed by atoms with Crippen LogP contribution in [0.2, 0.25) is 0 Å². The smallest absolute Gasteiger partial charge is 0.306 e. The lowest BCUT2D eigenvalue weighted by molar-refractivity contribution is -0.387. The summed E-state index contributed by atoms with van der Waals surface area (Å²) in [6, 6.07) is 8.07. The van der Waals surface area contributed by atoms with Crippen LogP contribution in [0.15, 0.2) is 42.5 Å². The van der Waals surface area contributed by atoms with Gasteiger partial charge in [-0.1, -0.05) is 0 Å². The van der Waals surface area contributed by atoms with Crippen molar-refractivity contribution in [3.05, 3.63) is 68.5 Å². The SMILES string of the molecule is C[C@@H](Oc1ccc([N+](=O)[O-])cc1)C(=O)Nc1ccc(F)c([N+](=O)[O-])c1. The number of nitrogens with one attached hydrogen (secondary N) is 1. The lowest BCUT2D eigenvalue weighted by Gasteiger charge is -2.14. The maximum atomic E-state index is 13.3. The lowest BCUT2D eigenvalue weighted by Crippen LogP contribution is -2.30. The molecule has 0 aliphatic rings. The normalized spacial score (nSPS) is 11.4. The van der Waals surface area contributed by atoms with E-state index in [1.807, 2.05) is 0 Å². The first kappa shape index (κ1) is 17.8. The Hall–Kier alpha value is -3.56. The van der Waals surface area contributed by atoms with Crippen LogP contribution in [0, 0.1) is 26.0 Å². The Morgan fingerprint density at radius 3 is 2.32 bits per heavy atom. The molecule has 1 amide bonds. The molecule has 2 aromatic carbocycles. The largest absolute Gasteiger partial charge is 0.481 e. The molecule has 0 saturated heterocycles. The van der Waals surface area contributed by atoms with Gasteiger partial charge in [0, 0.05) is 23.9 Å². The molecule has 0 fully saturated rings. The van der Waals surface area contributed by atoms with Gasteiger partial charge in [0.2, 0.25) is 5.82 Å². The van der Waals surface area contributed by atoms with E-state index in [0.717, 1.165) is 12.1 Å². The third-order valence-electron chi connectivity index (χ3n) is 3.14. The van der Waals surface area contributed by atoms with E-state index in [2.05, 4.69) is 5.32 Å². The zero-order valence-electron chi connectivity index (χ0n) is 12.8. The average Bonchev–Trinajstić information content (AvgIpc) is 2.56. The van der Waals surface area contributed by atoms with Gasteiger partial charge in [-0.2, -0.15) is 4.39 Å². The maximum Gasteiger partial charge on any atom is 0.306 e. The fourth-order valence-electron chi connectivity index (χ4n) is 1.88. The number of benzene rings is 2. The Kier molecular flexibility index (Phi) is 5.22. The predicted octanol–water partition coefficient (Wildman–Crippen LogP) is 3.05. The van der Waals surface area contributed by atoms with Crippen molar-refractivity contribution >= 4 is 23.0 Å². The summed E-state index contributed by atoms with van der Waals surface area (Å²) in [6.07, 6.45) is -0.995. The van der Waals surface area contributed by atoms with E-state index < -0.39 is 33.4 Å². The minimum atomic E-state index is -1.02. The van der Waals surface area contributed by atoms with Gasteiger partial charge in [0.1, 0.15) is 5.75 Å². The van der Waals surface area contributed by atoms with Gasteiger partial charge in [-0.3, -0.25) is 25.0 Å². The van der Waals surface area contributed by atoms with E-state index in [4.69, 9.17) is 4.74 Å². The van der Waals surface area contributed by atoms with Crippen LogP contribution in [0.1, 0.15) is 6.92 Å². The number of rotatable bonds is 6. The van der Waals surface area contributed by atoms with Gasteiger partial charge in [-0.05, 0) is 31.2 Å². The fraction of sp³-hybridized carbons (Fsp3) is 0.133. The molecule has 0 radical (unpaired) electrons. The topological polar surface area (TPSA) is 125 Å². The monoisotopic (exact) mass is 349 g/mol. The Labute approximate surface area is 140 Å². The minimum Gasteiger partial charge on any atom is -0.481 e. The van der Waals surface area contributed by atoms with Crippen LogP contribution in [0.5, 0.6) is 5.75 Å². The number of carbonyl (C=O) groups excluding carboxylic acids is 1. The molecule has 130 valence electrons. The van der Waals surface area contributed by atoms with Crippen LogP contribution in [-0.4, -0.2) is 21.9 Å². The van der Waals surface area contributed by atoms with Crippen LogP contribution in [0.25, 0.3) is 0 Å². The minimum absolute atomic E-state index is 0.0391. The number of halogens is 1. The van der Waals surface area contributed by atoms with Crippen LogP contribution in [-0.2, 0) is 4.79 Å². The first-order valence-corrected chi connectivity index (χ1v) is 6.94. The van der Waals surface area contributed by atoms with Crippen LogP contribution < -0.4 is 10.1 Å². The molecular weight excluding hydrogens is 337 g/mol. The summed E-state index contributed by atoms with van der Waals surface area (Å²) in [6.45, 7) is 1.43. The van der Waals surface area contributed by atoms with Gasteiger partial charge in [0.25, 0.3) is 11.6 Å². The molecule has 2 rings (SSSR count). The summed E-state index contributed by atoms with van der Waals surface area (Å²) in [5.41, 5.74) is -0.845. The fourth-order valence-corrected chi connectivity index (χ4v) is 1.88. The Morgan fingerprint density at radius 1 is 1.12 bits per heavy atom. The van der Waals surface area contributed by atoms with Crippen molar-refractivity contribution in [2.75, 3.05) is 5.32 Å². The van der Waals surface area contributed by atoms with Gasteiger partial charge in [0.15, 0.2) is 6.10 Å². The molecule has 25 heavy (non-hydrogen) atoms. The van der Waals surface area contributed by atoms with Crippen molar-refractivity contribution in [1.29, 1.82) is 0 Å². The first-order valence-electron chi connectivity index (χ1n) is 6.94. The highest BCUT2D eigenvalue weighted by atomic mass is 19.1. The highest BCUT2D eigenvalue weighted by molar-refractivity contribution is 5.94. The summed E-state index contributed by atoms with van der Waals surface area (Å²) >= 11 is 0. The molecular formula is C15H12FN3O6. The van der Waals surface area contributed by atoms with Crippen molar-refractivity contribution < 1.29 is 23.8 Å². The summed E-state index contributed by atoms with van der Waals surface area (Å²) in [5.74, 6) is -1.41. The van der Waals surface area contributed by atoms with Gasteiger partial charge in [-0.25, -0.2) is 0 Å². The average molecular weight is 349 g/mol. The third kappa shape index (κ3) is 4.47. The number of carbonyl (C=O) groups is 1. The van der Waals surface area contributed by atoms with Crippen LogP contribution in [0.3, 0.4) is 0 Å². The second-order valence-corrected chi connectivity index (χ2v) is 4.92. The summed E-state index contributed by atoms with van der Waals surface area (Å²) in [7, 11) is 0. The number of hydrogen-bond donors (Lipinski definition) is 1. The van der Waals surface area contributed by atoms with Crippen molar-refractivity contribution in [2.45, 2.75) is 13.0 Å². The molecule has 1 atom stereocenters. The lowest BCUT2D eigenvalue weighted by atomic mass is 10.2. The highest BCUT2D eigenvalue weighted by Crippen LogP contribution is 2.22. The van der Waals surface area contributed by atoms with E-state index >= 15 is 0 Å². The molecule has 0 heterocycles. The number of nitro benzene ring substituents is 2. The molecule has 0 aromatic heterocycles. The number of nitrogens with zero attached hydrogens (tertiary/aromatic N) is 2. The van der Waals surface area contributed by atoms with Crippen molar-refractivity contribution in [3.63, 3.8) is 0 Å². The zero-order chi connectivity index (χ0) is 18.6. The van der Waals surface area contributed by atoms with Crippen LogP contribution >= 0.6 is 0 Å². The van der Waals surface area contributed by atoms with E-state index in [1.165, 1.54) is 37.3 Å². The Morgan fingerprint density at radius 2 is 1.76 bits per heavy atom. The first-order chi connectivity index (χ1) is 11.8. The Bertz CT molecular complexity index is 825. The molecule has 0 saturated carbocycles. The number of hydrogen-bond acceptors (Lipinski definition) is 6. The van der Waals surface area contributed by atoms with Crippen molar-refractivity contribution in [3.8, 4) is 5.75 Å². The molecule has 0 unspecified atom stereocenters. The third-order valence-corrected chi connectivity index (χ3v) is 3.14. The molecule has 10 heteroatoms. The zero-order valence-corrected chi connectivity index (χ0v) is 12.8. The standard InChI is InChI=1S/C15H12FN3O6/c1-9(25-12-5-3-11(4-6-12)18(21)22)15(20)17-10-2-7-13(16)14(8-10)19(23)24/h2-9H,1H3,(H,17,20)/t9-/m1/s1. The highest BCUT2D eigenvalue weighted by Gasteiger charge is 2.19. The van der Waals surface area contributed by atoms with E-state index in [0.29, 0.717) is 0 Å². The van der Waals surface area contributed by atoms with Gasteiger partial charge >= 0.3 is 5.69 Å². The molecule has 0 bridgehead atoms. The molecule has 0 spiro atoms. The van der Waals surface area contributed by atoms with Gasteiger partial charge < -0.3 is 10.1 Å². The second-order valence-electron chi connectivity index (χ2n) is 4.92. The van der Waals surface area contributed by atoms with Crippen molar-refractivity contribution in [2.24, 2.45) is 0 Å². The number of anilines is 1. The maximum absolute atomic E-state index is 13.3. The summed E-state index contributed by atoms with van der Waals surface area (Å²) in [4.78, 5) is 31.8. The molecule has 2 aromatic rings. The summed E-state index contributed by atoms with van der Waals surface area (Å²) < 4.78 is 18.6. The second kappa shape index (κ2) is 7.34. The summed E-state index contributed by atoms with van der Waals surface area (Å²) in [5, 5.41) is 23.6. The molecule has 1 N–H and O–H groups in total. The van der Waals surface area contributed by atoms with Crippen molar-refractivity contribution in [1.82, 2.24) is 0 Å². The molecule has 0 aliphatic carbocycles. The van der Waals surface area contributed by atoms with Gasteiger partial charge in [-0.15, -0.1) is 0 Å². The number of nitro groups is 2. The number of ether oxygens (including phenoxy) is 1. The van der Waals surface area contributed by atoms with E-state index in [9.17, 15) is 29.4 Å². The quantitative estimate of drug-likeness (QED) is 0.631. The van der Waals surface area contributed by atoms with E-state index in [-0.39, 0.29) is 17.1 Å². The van der Waals surface area contributed by atoms with Gasteiger partial charge in [0.05, 0.1) is 9.85 Å². The van der Waals surface area contributed by atoms with E-state index in [1.54, 1.807) is 0 Å². The molecule has 0 aliphatic heterocycles. The Balaban J connectivity index is 2.04. The number of amides is 1. The predicted molar refractivity (Wildman–Crippen MR) is 84.9 cm³/mol. The van der Waals surface area contributed by atoms with Crippen LogP contribution in [0.4, 0.5) is 21.5 Å². The number of non-ortho nitro benzene ring substituents is 1. The molecule has 9 nitrogen and oxygen atoms in total.